The number of benzene rings is 1. The van der Waals surface area contributed by atoms with Crippen molar-refractivity contribution in [3.8, 4) is 6.07 Å². The van der Waals surface area contributed by atoms with Crippen molar-refractivity contribution in [1.29, 1.82) is 5.26 Å². The third-order valence-corrected chi connectivity index (χ3v) is 2.81. The number of hydrogen-bond donors (Lipinski definition) is 1. The summed E-state index contributed by atoms with van der Waals surface area (Å²) >= 11 is 11.8. The van der Waals surface area contributed by atoms with Crippen LogP contribution in [0.1, 0.15) is 11.4 Å². The zero-order chi connectivity index (χ0) is 14.0. The quantitative estimate of drug-likeness (QED) is 0.914. The van der Waals surface area contributed by atoms with E-state index in [1.807, 2.05) is 6.07 Å². The second kappa shape index (κ2) is 5.39. The van der Waals surface area contributed by atoms with E-state index >= 15 is 0 Å². The van der Waals surface area contributed by atoms with Gasteiger partial charge in [0.15, 0.2) is 0 Å². The van der Waals surface area contributed by atoms with Crippen LogP contribution in [-0.4, -0.2) is 9.97 Å². The highest BCUT2D eigenvalue weighted by atomic mass is 35.5. The molecule has 1 aromatic heterocycles. The summed E-state index contributed by atoms with van der Waals surface area (Å²) in [5.74, 6) is -0.365. The first-order valence-electron chi connectivity index (χ1n) is 5.17. The van der Waals surface area contributed by atoms with Crippen LogP contribution in [0, 0.1) is 24.1 Å². The number of hydrogen-bond acceptors (Lipinski definition) is 4. The molecule has 2 aromatic rings. The molecule has 2 rings (SSSR count). The Bertz CT molecular complexity index is 659. The number of rotatable bonds is 2. The van der Waals surface area contributed by atoms with Gasteiger partial charge in [-0.25, -0.2) is 14.4 Å². The van der Waals surface area contributed by atoms with Crippen LogP contribution in [0.25, 0.3) is 0 Å². The molecular weight excluding hydrogens is 290 g/mol. The Morgan fingerprint density at radius 3 is 2.42 bits per heavy atom. The zero-order valence-electron chi connectivity index (χ0n) is 9.71. The highest BCUT2D eigenvalue weighted by Gasteiger charge is 2.11. The van der Waals surface area contributed by atoms with Crippen molar-refractivity contribution in [1.82, 2.24) is 9.97 Å². The van der Waals surface area contributed by atoms with Crippen molar-refractivity contribution >= 4 is 34.8 Å². The second-order valence-corrected chi connectivity index (χ2v) is 4.51. The normalized spacial score (nSPS) is 10.1. The Balaban J connectivity index is 2.42. The Morgan fingerprint density at radius 2 is 1.84 bits per heavy atom. The smallest absolute Gasteiger partial charge is 0.228 e. The van der Waals surface area contributed by atoms with Crippen LogP contribution in [-0.2, 0) is 0 Å². The van der Waals surface area contributed by atoms with E-state index in [0.29, 0.717) is 11.4 Å². The maximum atomic E-state index is 13.1. The van der Waals surface area contributed by atoms with Crippen LogP contribution < -0.4 is 5.32 Å². The van der Waals surface area contributed by atoms with E-state index in [9.17, 15) is 4.39 Å². The molecule has 0 atom stereocenters. The Hall–Kier alpha value is -1.90. The topological polar surface area (TPSA) is 61.6 Å². The summed E-state index contributed by atoms with van der Waals surface area (Å²) in [5, 5.41) is 11.8. The van der Waals surface area contributed by atoms with Gasteiger partial charge < -0.3 is 5.32 Å². The molecule has 0 bridgehead atoms. The highest BCUT2D eigenvalue weighted by molar-refractivity contribution is 6.39. The van der Waals surface area contributed by atoms with Gasteiger partial charge in [0.2, 0.25) is 5.95 Å². The first-order chi connectivity index (χ1) is 8.99. The minimum absolute atomic E-state index is 0.105. The van der Waals surface area contributed by atoms with E-state index in [-0.39, 0.29) is 21.7 Å². The van der Waals surface area contributed by atoms with E-state index in [1.54, 1.807) is 13.0 Å². The lowest BCUT2D eigenvalue weighted by atomic mass is 10.3. The molecule has 0 aliphatic heterocycles. The lowest BCUT2D eigenvalue weighted by Gasteiger charge is -2.09. The molecule has 0 unspecified atom stereocenters. The molecule has 0 saturated heterocycles. The van der Waals surface area contributed by atoms with Crippen molar-refractivity contribution < 1.29 is 4.39 Å². The fourth-order valence-corrected chi connectivity index (χ4v) is 2.01. The number of anilines is 2. The van der Waals surface area contributed by atoms with Crippen LogP contribution >= 0.6 is 23.2 Å². The van der Waals surface area contributed by atoms with Crippen LogP contribution in [0.3, 0.4) is 0 Å². The van der Waals surface area contributed by atoms with Gasteiger partial charge in [0, 0.05) is 5.69 Å². The van der Waals surface area contributed by atoms with Gasteiger partial charge in [0.1, 0.15) is 17.6 Å². The van der Waals surface area contributed by atoms with E-state index < -0.39 is 5.82 Å². The van der Waals surface area contributed by atoms with E-state index in [2.05, 4.69) is 15.3 Å². The summed E-state index contributed by atoms with van der Waals surface area (Å²) in [5.41, 5.74) is 1.12. The summed E-state index contributed by atoms with van der Waals surface area (Å²) in [6.07, 6.45) is 0. The van der Waals surface area contributed by atoms with Crippen molar-refractivity contribution in [2.24, 2.45) is 0 Å². The molecular formula is C12H7Cl2FN4. The molecule has 19 heavy (non-hydrogen) atoms. The minimum atomic E-state index is -0.538. The van der Waals surface area contributed by atoms with Crippen LogP contribution in [0.2, 0.25) is 10.0 Å². The van der Waals surface area contributed by atoms with Gasteiger partial charge in [0.05, 0.1) is 15.7 Å². The van der Waals surface area contributed by atoms with E-state index in [4.69, 9.17) is 28.5 Å². The molecule has 4 nitrogen and oxygen atoms in total. The molecule has 0 saturated carbocycles. The van der Waals surface area contributed by atoms with Crippen molar-refractivity contribution in [3.05, 3.63) is 45.4 Å². The van der Waals surface area contributed by atoms with Gasteiger partial charge in [-0.3, -0.25) is 0 Å². The zero-order valence-corrected chi connectivity index (χ0v) is 11.2. The number of halogens is 3. The average molecular weight is 297 g/mol. The van der Waals surface area contributed by atoms with Crippen LogP contribution in [0.15, 0.2) is 18.2 Å². The van der Waals surface area contributed by atoms with Crippen LogP contribution in [0.5, 0.6) is 0 Å². The van der Waals surface area contributed by atoms with Crippen molar-refractivity contribution in [2.45, 2.75) is 6.92 Å². The van der Waals surface area contributed by atoms with Gasteiger partial charge >= 0.3 is 0 Å². The summed E-state index contributed by atoms with van der Waals surface area (Å²) in [6.45, 7) is 1.72. The predicted molar refractivity (Wildman–Crippen MR) is 71.2 cm³/mol. The van der Waals surface area contributed by atoms with Gasteiger partial charge in [-0.1, -0.05) is 23.2 Å². The van der Waals surface area contributed by atoms with Gasteiger partial charge in [-0.2, -0.15) is 5.26 Å². The Morgan fingerprint density at radius 1 is 1.21 bits per heavy atom. The molecule has 0 amide bonds. The summed E-state index contributed by atoms with van der Waals surface area (Å²) in [6, 6.07) is 5.70. The third-order valence-electron chi connectivity index (χ3n) is 2.21. The Kier molecular flexibility index (Phi) is 3.84. The number of nitriles is 1. The SMILES string of the molecule is Cc1cc(C#N)nc(Nc2c(Cl)cc(F)cc2Cl)n1. The molecule has 0 spiro atoms. The number of nitrogens with zero attached hydrogens (tertiary/aromatic N) is 3. The molecule has 0 fully saturated rings. The first kappa shape index (κ1) is 13.5. The van der Waals surface area contributed by atoms with Gasteiger partial charge in [-0.15, -0.1) is 0 Å². The van der Waals surface area contributed by atoms with Crippen LogP contribution in [0.4, 0.5) is 16.0 Å². The Labute approximate surface area is 118 Å². The first-order valence-corrected chi connectivity index (χ1v) is 5.92. The largest absolute Gasteiger partial charge is 0.322 e. The van der Waals surface area contributed by atoms with Crippen molar-refractivity contribution in [3.63, 3.8) is 0 Å². The maximum Gasteiger partial charge on any atom is 0.228 e. The number of aryl methyl sites for hydroxylation is 1. The second-order valence-electron chi connectivity index (χ2n) is 3.70. The summed E-state index contributed by atoms with van der Waals surface area (Å²) < 4.78 is 13.1. The lowest BCUT2D eigenvalue weighted by molar-refractivity contribution is 0.628. The van der Waals surface area contributed by atoms with Crippen molar-refractivity contribution in [2.75, 3.05) is 5.32 Å². The minimum Gasteiger partial charge on any atom is -0.322 e. The van der Waals surface area contributed by atoms with E-state index in [1.165, 1.54) is 0 Å². The monoisotopic (exact) mass is 296 g/mol. The van der Waals surface area contributed by atoms with E-state index in [0.717, 1.165) is 12.1 Å². The molecule has 1 heterocycles. The fourth-order valence-electron chi connectivity index (χ4n) is 1.46. The standard InChI is InChI=1S/C12H7Cl2FN4/c1-6-2-8(5-16)18-12(17-6)19-11-9(13)3-7(15)4-10(11)14/h2-4H,1H3,(H,17,18,19). The number of nitrogens with one attached hydrogen (secondary N) is 1. The highest BCUT2D eigenvalue weighted by Crippen LogP contribution is 2.32. The molecule has 0 radical (unpaired) electrons. The summed E-state index contributed by atoms with van der Waals surface area (Å²) in [7, 11) is 0. The molecule has 0 aliphatic carbocycles. The average Bonchev–Trinajstić information content (AvgIpc) is 2.33. The molecule has 1 aromatic carbocycles. The third kappa shape index (κ3) is 3.11. The van der Waals surface area contributed by atoms with Gasteiger partial charge in [0.25, 0.3) is 0 Å². The molecule has 7 heteroatoms. The predicted octanol–water partition coefficient (Wildman–Crippen LogP) is 3.85. The molecule has 96 valence electrons. The summed E-state index contributed by atoms with van der Waals surface area (Å²) in [4.78, 5) is 8.05. The maximum absolute atomic E-state index is 13.1. The molecule has 1 N–H and O–H groups in total. The lowest BCUT2D eigenvalue weighted by Crippen LogP contribution is -2.01. The fraction of sp³-hybridized carbons (Fsp3) is 0.0833. The number of aromatic nitrogens is 2. The molecule has 0 aliphatic rings. The van der Waals surface area contributed by atoms with Gasteiger partial charge in [-0.05, 0) is 25.1 Å².